The Morgan fingerprint density at radius 1 is 1.11 bits per heavy atom. The summed E-state index contributed by atoms with van der Waals surface area (Å²) >= 11 is 3.69. The molecule has 0 saturated carbocycles. The molecule has 0 N–H and O–H groups in total. The zero-order chi connectivity index (χ0) is 14.3. The van der Waals surface area contributed by atoms with Crippen molar-refractivity contribution >= 4 is 15.9 Å². The van der Waals surface area contributed by atoms with Gasteiger partial charge in [-0.05, 0) is 52.8 Å². The molecular weight excluding hydrogens is 298 g/mol. The molecule has 0 heterocycles. The summed E-state index contributed by atoms with van der Waals surface area (Å²) in [7, 11) is 0. The minimum Gasteiger partial charge on any atom is -0.198 e. The highest BCUT2D eigenvalue weighted by Crippen LogP contribution is 2.47. The third kappa shape index (κ3) is 2.72. The Morgan fingerprint density at radius 2 is 1.63 bits per heavy atom. The Labute approximate surface area is 125 Å². The third-order valence-electron chi connectivity index (χ3n) is 4.53. The van der Waals surface area contributed by atoms with E-state index in [4.69, 9.17) is 5.26 Å². The quantitative estimate of drug-likeness (QED) is 0.729. The zero-order valence-corrected chi connectivity index (χ0v) is 13.9. The molecule has 0 fully saturated rings. The van der Waals surface area contributed by atoms with Crippen molar-refractivity contribution in [2.24, 2.45) is 0 Å². The average molecular weight is 320 g/mol. The molecule has 0 aliphatic heterocycles. The first kappa shape index (κ1) is 14.6. The summed E-state index contributed by atoms with van der Waals surface area (Å²) in [6, 6.07) is 6.87. The van der Waals surface area contributed by atoms with Gasteiger partial charge in [-0.1, -0.05) is 49.7 Å². The first-order valence-electron chi connectivity index (χ1n) is 6.98. The van der Waals surface area contributed by atoms with Crippen LogP contribution < -0.4 is 0 Å². The normalized spacial score (nSPS) is 19.6. The number of hydrogen-bond acceptors (Lipinski definition) is 1. The van der Waals surface area contributed by atoms with Crippen LogP contribution in [-0.4, -0.2) is 0 Å². The Balaban J connectivity index is 2.55. The van der Waals surface area contributed by atoms with Crippen LogP contribution in [0, 0.1) is 11.3 Å². The molecule has 1 aromatic carbocycles. The third-order valence-corrected chi connectivity index (χ3v) is 5.26. The van der Waals surface area contributed by atoms with Gasteiger partial charge in [0.15, 0.2) is 0 Å². The molecule has 0 amide bonds. The lowest BCUT2D eigenvalue weighted by atomic mass is 9.63. The molecule has 1 aliphatic rings. The predicted molar refractivity (Wildman–Crippen MR) is 83.4 cm³/mol. The van der Waals surface area contributed by atoms with Crippen molar-refractivity contribution in [3.05, 3.63) is 33.3 Å². The topological polar surface area (TPSA) is 23.8 Å². The fraction of sp³-hybridized carbons (Fsp3) is 0.588. The van der Waals surface area contributed by atoms with E-state index in [1.54, 1.807) is 0 Å². The van der Waals surface area contributed by atoms with Crippen LogP contribution in [0.15, 0.2) is 16.6 Å². The highest BCUT2D eigenvalue weighted by atomic mass is 79.9. The fourth-order valence-corrected chi connectivity index (χ4v) is 3.56. The second kappa shape index (κ2) is 4.94. The summed E-state index contributed by atoms with van der Waals surface area (Å²) in [6.45, 7) is 9.34. The molecule has 0 bridgehead atoms. The van der Waals surface area contributed by atoms with Gasteiger partial charge in [-0.25, -0.2) is 0 Å². The number of aryl methyl sites for hydroxylation is 1. The molecule has 102 valence electrons. The molecule has 2 heteroatoms. The number of nitriles is 1. The van der Waals surface area contributed by atoms with Crippen molar-refractivity contribution in [3.63, 3.8) is 0 Å². The van der Waals surface area contributed by atoms with Gasteiger partial charge >= 0.3 is 0 Å². The number of fused-ring (bicyclic) bond motifs is 1. The number of benzene rings is 1. The lowest BCUT2D eigenvalue weighted by molar-refractivity contribution is 0.331. The van der Waals surface area contributed by atoms with Gasteiger partial charge in [0.1, 0.15) is 0 Å². The van der Waals surface area contributed by atoms with Crippen molar-refractivity contribution < 1.29 is 0 Å². The first-order chi connectivity index (χ1) is 8.78. The van der Waals surface area contributed by atoms with Gasteiger partial charge in [0.05, 0.1) is 6.07 Å². The highest BCUT2D eigenvalue weighted by molar-refractivity contribution is 9.10. The maximum atomic E-state index is 8.78. The van der Waals surface area contributed by atoms with Crippen LogP contribution in [0.25, 0.3) is 0 Å². The van der Waals surface area contributed by atoms with Crippen LogP contribution in [-0.2, 0) is 17.3 Å². The van der Waals surface area contributed by atoms with Crippen LogP contribution in [0.3, 0.4) is 0 Å². The summed E-state index contributed by atoms with van der Waals surface area (Å²) < 4.78 is 1.16. The van der Waals surface area contributed by atoms with Crippen LogP contribution in [0.1, 0.15) is 63.6 Å². The van der Waals surface area contributed by atoms with Gasteiger partial charge in [0.2, 0.25) is 0 Å². The summed E-state index contributed by atoms with van der Waals surface area (Å²) in [5.41, 5.74) is 4.70. The van der Waals surface area contributed by atoms with E-state index in [-0.39, 0.29) is 10.8 Å². The van der Waals surface area contributed by atoms with Gasteiger partial charge in [0, 0.05) is 10.9 Å². The maximum Gasteiger partial charge on any atom is 0.0625 e. The monoisotopic (exact) mass is 319 g/mol. The second-order valence-electron chi connectivity index (χ2n) is 6.92. The molecule has 1 aliphatic carbocycles. The fourth-order valence-electron chi connectivity index (χ4n) is 3.01. The second-order valence-corrected chi connectivity index (χ2v) is 7.77. The maximum absolute atomic E-state index is 8.78. The molecule has 1 nitrogen and oxygen atoms in total. The molecule has 0 unspecified atom stereocenters. The molecule has 0 spiro atoms. The number of halogens is 1. The molecule has 0 atom stereocenters. The Kier molecular flexibility index (Phi) is 3.80. The van der Waals surface area contributed by atoms with Crippen molar-refractivity contribution in [2.45, 2.75) is 64.2 Å². The van der Waals surface area contributed by atoms with Gasteiger partial charge < -0.3 is 0 Å². The van der Waals surface area contributed by atoms with Crippen LogP contribution in [0.4, 0.5) is 0 Å². The van der Waals surface area contributed by atoms with Crippen molar-refractivity contribution in [3.8, 4) is 6.07 Å². The molecule has 19 heavy (non-hydrogen) atoms. The van der Waals surface area contributed by atoms with Crippen molar-refractivity contribution in [1.82, 2.24) is 0 Å². The summed E-state index contributed by atoms with van der Waals surface area (Å²) in [5, 5.41) is 8.78. The lowest BCUT2D eigenvalue weighted by Gasteiger charge is -2.42. The summed E-state index contributed by atoms with van der Waals surface area (Å²) in [4.78, 5) is 0. The number of rotatable bonds is 2. The Hall–Kier alpha value is -0.810. The number of hydrogen-bond donors (Lipinski definition) is 0. The van der Waals surface area contributed by atoms with E-state index in [1.165, 1.54) is 29.5 Å². The SMILES string of the molecule is CC1(C)CCC(C)(C)c2cc(CCC#N)c(Br)cc21. The molecule has 2 rings (SSSR count). The average Bonchev–Trinajstić information content (AvgIpc) is 2.33. The van der Waals surface area contributed by atoms with E-state index in [2.05, 4.69) is 61.8 Å². The minimum absolute atomic E-state index is 0.243. The molecule has 0 saturated heterocycles. The van der Waals surface area contributed by atoms with Gasteiger partial charge in [-0.15, -0.1) is 0 Å². The first-order valence-corrected chi connectivity index (χ1v) is 7.77. The standard InChI is InChI=1S/C17H22BrN/c1-16(2)7-8-17(3,4)14-11-15(18)12(6-5-9-19)10-13(14)16/h10-11H,5-8H2,1-4H3. The lowest BCUT2D eigenvalue weighted by Crippen LogP contribution is -2.34. The molecule has 0 radical (unpaired) electrons. The van der Waals surface area contributed by atoms with E-state index in [1.807, 2.05) is 0 Å². The molecule has 0 aromatic heterocycles. The van der Waals surface area contributed by atoms with E-state index in [0.717, 1.165) is 10.9 Å². The Morgan fingerprint density at radius 3 is 2.16 bits per heavy atom. The highest BCUT2D eigenvalue weighted by Gasteiger charge is 2.37. The largest absolute Gasteiger partial charge is 0.198 e. The molecular formula is C17H22BrN. The van der Waals surface area contributed by atoms with Gasteiger partial charge in [0.25, 0.3) is 0 Å². The Bertz CT molecular complexity index is 535. The van der Waals surface area contributed by atoms with Crippen molar-refractivity contribution in [1.29, 1.82) is 5.26 Å². The van der Waals surface area contributed by atoms with E-state index < -0.39 is 0 Å². The van der Waals surface area contributed by atoms with Gasteiger partial charge in [-0.2, -0.15) is 5.26 Å². The smallest absolute Gasteiger partial charge is 0.0625 e. The van der Waals surface area contributed by atoms with Gasteiger partial charge in [-0.3, -0.25) is 0 Å². The molecule has 1 aromatic rings. The van der Waals surface area contributed by atoms with E-state index >= 15 is 0 Å². The van der Waals surface area contributed by atoms with Crippen LogP contribution in [0.5, 0.6) is 0 Å². The van der Waals surface area contributed by atoms with Crippen molar-refractivity contribution in [2.75, 3.05) is 0 Å². The van der Waals surface area contributed by atoms with Crippen LogP contribution in [0.2, 0.25) is 0 Å². The summed E-state index contributed by atoms with van der Waals surface area (Å²) in [5.74, 6) is 0. The number of nitrogens with zero attached hydrogens (tertiary/aromatic N) is 1. The van der Waals surface area contributed by atoms with E-state index in [9.17, 15) is 0 Å². The zero-order valence-electron chi connectivity index (χ0n) is 12.3. The minimum atomic E-state index is 0.243. The summed E-state index contributed by atoms with van der Waals surface area (Å²) in [6.07, 6.45) is 3.88. The predicted octanol–water partition coefficient (Wildman–Crippen LogP) is 5.25. The van der Waals surface area contributed by atoms with Crippen LogP contribution >= 0.6 is 15.9 Å². The van der Waals surface area contributed by atoms with E-state index in [0.29, 0.717) is 6.42 Å².